The summed E-state index contributed by atoms with van der Waals surface area (Å²) in [6, 6.07) is 15.0. The Kier molecular flexibility index (Phi) is 5.59. The first-order valence-corrected chi connectivity index (χ1v) is 10.2. The molecule has 0 unspecified atom stereocenters. The molecule has 2 aromatic rings. The normalized spacial score (nSPS) is 23.4. The lowest BCUT2D eigenvalue weighted by Gasteiger charge is -2.16. The van der Waals surface area contributed by atoms with Crippen LogP contribution in [0.5, 0.6) is 5.75 Å². The van der Waals surface area contributed by atoms with Gasteiger partial charge in [0.25, 0.3) is 10.2 Å². The lowest BCUT2D eigenvalue weighted by atomic mass is 10.1. The van der Waals surface area contributed by atoms with Crippen LogP contribution in [-0.4, -0.2) is 40.2 Å². The van der Waals surface area contributed by atoms with E-state index in [-0.39, 0.29) is 23.6 Å². The SMILES string of the molecule is C[C@H]1[C@H](NS(=O)(=O)N2Cc3ccc(O)cc3C2)[C@H]1c1ccccc1.O=C(O)O. The van der Waals surface area contributed by atoms with Crippen molar-refractivity contribution in [2.24, 2.45) is 5.92 Å². The van der Waals surface area contributed by atoms with Gasteiger partial charge in [-0.25, -0.2) is 4.79 Å². The van der Waals surface area contributed by atoms with Crippen molar-refractivity contribution in [1.29, 1.82) is 0 Å². The minimum atomic E-state index is -3.55. The number of nitrogens with zero attached hydrogens (tertiary/aromatic N) is 1. The third-order valence-electron chi connectivity index (χ3n) is 5.07. The van der Waals surface area contributed by atoms with Crippen LogP contribution in [0, 0.1) is 5.92 Å². The molecule has 3 atom stereocenters. The summed E-state index contributed by atoms with van der Waals surface area (Å²) in [5.41, 5.74) is 2.98. The Bertz CT molecular complexity index is 960. The second-order valence-electron chi connectivity index (χ2n) is 6.95. The number of benzene rings is 2. The minimum Gasteiger partial charge on any atom is -0.508 e. The molecule has 9 heteroatoms. The van der Waals surface area contributed by atoms with E-state index in [0.29, 0.717) is 13.1 Å². The van der Waals surface area contributed by atoms with E-state index in [4.69, 9.17) is 15.0 Å². The lowest BCUT2D eigenvalue weighted by Crippen LogP contribution is -2.39. The molecule has 8 nitrogen and oxygen atoms in total. The van der Waals surface area contributed by atoms with E-state index in [0.717, 1.165) is 11.1 Å². The van der Waals surface area contributed by atoms with Crippen molar-refractivity contribution in [2.45, 2.75) is 32.0 Å². The quantitative estimate of drug-likeness (QED) is 0.618. The standard InChI is InChI=1S/C18H20N2O3S.CH2O3/c1-12-17(13-5-3-2-4-6-13)18(12)19-24(22,23)20-10-14-7-8-16(21)9-15(14)11-20;2-1(3)4/h2-9,12,17-19,21H,10-11H2,1H3;(H2,2,3,4)/t12-,17-,18+;/m1./s1. The number of phenolic OH excluding ortho intramolecular Hbond substituents is 1. The van der Waals surface area contributed by atoms with Gasteiger partial charge >= 0.3 is 6.16 Å². The van der Waals surface area contributed by atoms with Crippen LogP contribution in [0.4, 0.5) is 4.79 Å². The van der Waals surface area contributed by atoms with E-state index >= 15 is 0 Å². The molecular weight excluding hydrogens is 384 g/mol. The molecule has 2 aliphatic rings. The van der Waals surface area contributed by atoms with Gasteiger partial charge in [0, 0.05) is 25.0 Å². The van der Waals surface area contributed by atoms with Gasteiger partial charge in [-0.15, -0.1) is 0 Å². The Morgan fingerprint density at radius 1 is 1.07 bits per heavy atom. The molecule has 0 amide bonds. The van der Waals surface area contributed by atoms with E-state index in [2.05, 4.69) is 11.6 Å². The second kappa shape index (κ2) is 7.78. The number of hydrogen-bond acceptors (Lipinski definition) is 4. The molecule has 1 fully saturated rings. The van der Waals surface area contributed by atoms with Gasteiger partial charge in [-0.3, -0.25) is 0 Å². The van der Waals surface area contributed by atoms with Gasteiger partial charge in [0.1, 0.15) is 5.75 Å². The van der Waals surface area contributed by atoms with E-state index < -0.39 is 16.4 Å². The third kappa shape index (κ3) is 4.44. The van der Waals surface area contributed by atoms with Gasteiger partial charge in [0.2, 0.25) is 0 Å². The van der Waals surface area contributed by atoms with Crippen molar-refractivity contribution in [1.82, 2.24) is 9.03 Å². The van der Waals surface area contributed by atoms with Crippen LogP contribution in [0.25, 0.3) is 0 Å². The van der Waals surface area contributed by atoms with Crippen LogP contribution in [0.1, 0.15) is 29.5 Å². The predicted molar refractivity (Wildman–Crippen MR) is 102 cm³/mol. The first kappa shape index (κ1) is 20.1. The Labute approximate surface area is 163 Å². The van der Waals surface area contributed by atoms with Gasteiger partial charge in [-0.1, -0.05) is 43.3 Å². The van der Waals surface area contributed by atoms with Crippen LogP contribution < -0.4 is 4.72 Å². The molecule has 28 heavy (non-hydrogen) atoms. The zero-order chi connectivity index (χ0) is 20.5. The highest BCUT2D eigenvalue weighted by Gasteiger charge is 2.50. The van der Waals surface area contributed by atoms with Crippen molar-refractivity contribution >= 4 is 16.4 Å². The summed E-state index contributed by atoms with van der Waals surface area (Å²) in [5.74, 6) is 0.687. The van der Waals surface area contributed by atoms with Gasteiger partial charge < -0.3 is 15.3 Å². The van der Waals surface area contributed by atoms with E-state index in [1.165, 1.54) is 9.87 Å². The molecule has 0 spiro atoms. The number of rotatable bonds is 4. The summed E-state index contributed by atoms with van der Waals surface area (Å²) in [6.07, 6.45) is -1.83. The molecule has 0 radical (unpaired) electrons. The first-order valence-electron chi connectivity index (χ1n) is 8.74. The molecule has 4 N–H and O–H groups in total. The smallest absolute Gasteiger partial charge is 0.503 e. The van der Waals surface area contributed by atoms with E-state index in [1.54, 1.807) is 18.2 Å². The summed E-state index contributed by atoms with van der Waals surface area (Å²) in [6.45, 7) is 2.72. The molecule has 0 aromatic heterocycles. The third-order valence-corrected chi connectivity index (χ3v) is 6.58. The summed E-state index contributed by atoms with van der Waals surface area (Å²) in [7, 11) is -3.55. The maximum atomic E-state index is 12.7. The molecule has 0 bridgehead atoms. The highest BCUT2D eigenvalue weighted by Crippen LogP contribution is 2.47. The Morgan fingerprint density at radius 2 is 1.68 bits per heavy atom. The molecular formula is C19H22N2O6S. The number of carbonyl (C=O) groups is 1. The molecule has 150 valence electrons. The summed E-state index contributed by atoms with van der Waals surface area (Å²) >= 11 is 0. The number of nitrogens with one attached hydrogen (secondary N) is 1. The minimum absolute atomic E-state index is 0.0606. The Hall–Kier alpha value is -2.62. The maximum absolute atomic E-state index is 12.7. The average molecular weight is 406 g/mol. The molecule has 1 aliphatic carbocycles. The Morgan fingerprint density at radius 3 is 2.32 bits per heavy atom. The monoisotopic (exact) mass is 406 g/mol. The highest BCUT2D eigenvalue weighted by atomic mass is 32.2. The van der Waals surface area contributed by atoms with Crippen LogP contribution in [0.2, 0.25) is 0 Å². The molecule has 1 aliphatic heterocycles. The van der Waals surface area contributed by atoms with Crippen molar-refractivity contribution in [3.05, 3.63) is 65.2 Å². The number of carboxylic acid groups (broad SMARTS) is 2. The van der Waals surface area contributed by atoms with Crippen LogP contribution in [0.15, 0.2) is 48.5 Å². The van der Waals surface area contributed by atoms with Gasteiger partial charge in [0.15, 0.2) is 0 Å². The van der Waals surface area contributed by atoms with Crippen molar-refractivity contribution in [3.63, 3.8) is 0 Å². The predicted octanol–water partition coefficient (Wildman–Crippen LogP) is 2.57. The maximum Gasteiger partial charge on any atom is 0.503 e. The van der Waals surface area contributed by atoms with E-state index in [9.17, 15) is 13.5 Å². The topological polar surface area (TPSA) is 127 Å². The molecule has 1 saturated carbocycles. The largest absolute Gasteiger partial charge is 0.508 e. The van der Waals surface area contributed by atoms with Gasteiger partial charge in [-0.05, 0) is 34.7 Å². The number of fused-ring (bicyclic) bond motifs is 1. The second-order valence-corrected chi connectivity index (χ2v) is 8.65. The van der Waals surface area contributed by atoms with Crippen molar-refractivity contribution in [3.8, 4) is 5.75 Å². The zero-order valence-corrected chi connectivity index (χ0v) is 16.0. The van der Waals surface area contributed by atoms with Gasteiger partial charge in [0.05, 0.1) is 0 Å². The zero-order valence-electron chi connectivity index (χ0n) is 15.2. The fourth-order valence-corrected chi connectivity index (χ4v) is 5.07. The van der Waals surface area contributed by atoms with Crippen LogP contribution in [0.3, 0.4) is 0 Å². The Balaban J connectivity index is 0.000000516. The lowest BCUT2D eigenvalue weighted by molar-refractivity contribution is 0.137. The molecule has 2 aromatic carbocycles. The van der Waals surface area contributed by atoms with E-state index in [1.807, 2.05) is 30.3 Å². The molecule has 4 rings (SSSR count). The number of phenols is 1. The fraction of sp³-hybridized carbons (Fsp3) is 0.316. The average Bonchev–Trinajstić information content (AvgIpc) is 3.04. The molecule has 1 heterocycles. The first-order chi connectivity index (χ1) is 13.2. The molecule has 0 saturated heterocycles. The van der Waals surface area contributed by atoms with Crippen LogP contribution in [-0.2, 0) is 23.3 Å². The fourth-order valence-electron chi connectivity index (χ4n) is 3.60. The van der Waals surface area contributed by atoms with Crippen molar-refractivity contribution < 1.29 is 28.5 Å². The van der Waals surface area contributed by atoms with Crippen molar-refractivity contribution in [2.75, 3.05) is 0 Å². The number of hydrogen-bond donors (Lipinski definition) is 4. The van der Waals surface area contributed by atoms with Crippen LogP contribution >= 0.6 is 0 Å². The van der Waals surface area contributed by atoms with Gasteiger partial charge in [-0.2, -0.15) is 17.4 Å². The summed E-state index contributed by atoms with van der Waals surface area (Å²) in [4.78, 5) is 8.56. The number of aromatic hydroxyl groups is 1. The highest BCUT2D eigenvalue weighted by molar-refractivity contribution is 7.87. The summed E-state index contributed by atoms with van der Waals surface area (Å²) < 4.78 is 29.7. The summed E-state index contributed by atoms with van der Waals surface area (Å²) in [5, 5.41) is 23.5.